The lowest BCUT2D eigenvalue weighted by atomic mass is 9.98. The highest BCUT2D eigenvalue weighted by molar-refractivity contribution is 5.89. The molecule has 0 bridgehead atoms. The minimum Gasteiger partial charge on any atom is -0.508 e. The van der Waals surface area contributed by atoms with E-state index in [2.05, 4.69) is 18.7 Å². The average Bonchev–Trinajstić information content (AvgIpc) is 3.12. The van der Waals surface area contributed by atoms with Crippen LogP contribution in [0.25, 0.3) is 22.3 Å². The van der Waals surface area contributed by atoms with Crippen LogP contribution >= 0.6 is 0 Å². The second kappa shape index (κ2) is 7.43. The predicted molar refractivity (Wildman–Crippen MR) is 118 cm³/mol. The highest BCUT2D eigenvalue weighted by Crippen LogP contribution is 2.39. The van der Waals surface area contributed by atoms with Crippen molar-refractivity contribution >= 4 is 16.9 Å². The molecule has 2 aliphatic rings. The van der Waals surface area contributed by atoms with Crippen molar-refractivity contribution in [3.8, 4) is 17.1 Å². The van der Waals surface area contributed by atoms with E-state index in [0.29, 0.717) is 36.0 Å². The van der Waals surface area contributed by atoms with Crippen LogP contribution < -0.4 is 5.56 Å². The van der Waals surface area contributed by atoms with Crippen molar-refractivity contribution in [2.24, 2.45) is 0 Å². The Bertz CT molecular complexity index is 1330. The van der Waals surface area contributed by atoms with Gasteiger partial charge in [-0.1, -0.05) is 0 Å². The Morgan fingerprint density at radius 1 is 1.28 bits per heavy atom. The van der Waals surface area contributed by atoms with Gasteiger partial charge in [0, 0.05) is 36.2 Å². The molecule has 0 saturated carbocycles. The van der Waals surface area contributed by atoms with Gasteiger partial charge in [-0.05, 0) is 50.7 Å². The van der Waals surface area contributed by atoms with Gasteiger partial charge in [-0.3, -0.25) is 9.69 Å². The molecule has 0 fully saturated rings. The molecule has 1 atom stereocenters. The monoisotopic (exact) mass is 435 g/mol. The highest BCUT2D eigenvalue weighted by atomic mass is 16.6. The second-order valence-electron chi connectivity index (χ2n) is 8.71. The molecule has 3 aromatic rings. The molecule has 4 heterocycles. The van der Waals surface area contributed by atoms with Gasteiger partial charge in [-0.25, -0.2) is 9.78 Å². The number of rotatable bonds is 4. The number of cyclic esters (lactones) is 1. The molecule has 166 valence electrons. The third-order valence-electron chi connectivity index (χ3n) is 6.56. The molecule has 0 amide bonds. The van der Waals surface area contributed by atoms with Crippen molar-refractivity contribution in [2.75, 3.05) is 14.2 Å². The first-order valence-electron chi connectivity index (χ1n) is 10.6. The Kier molecular flexibility index (Phi) is 4.79. The van der Waals surface area contributed by atoms with Gasteiger partial charge in [0.05, 0.1) is 29.0 Å². The van der Waals surface area contributed by atoms with Crippen LogP contribution in [0.2, 0.25) is 0 Å². The SMILES string of the molecule is COC1C(=O)OCc2c1cc1n(c2=O)Cc2c-1nc1ccc(O)cc1c2CN(C)C(C)C. The van der Waals surface area contributed by atoms with Gasteiger partial charge in [0.1, 0.15) is 12.4 Å². The molecule has 0 spiro atoms. The number of benzene rings is 1. The summed E-state index contributed by atoms with van der Waals surface area (Å²) < 4.78 is 12.2. The maximum absolute atomic E-state index is 13.4. The standard InChI is InChI=1S/C24H25N3O5/c1-12(2)26(3)9-16-14-7-13(28)5-6-19(14)25-21-17(16)10-27-20(21)8-15-18(23(27)29)11-32-24(30)22(15)31-4/h5-8,12,22,28H,9-11H2,1-4H3. The number of ether oxygens (including phenoxy) is 2. The van der Waals surface area contributed by atoms with E-state index in [4.69, 9.17) is 14.5 Å². The van der Waals surface area contributed by atoms with Crippen LogP contribution in [0.1, 0.15) is 42.2 Å². The van der Waals surface area contributed by atoms with Crippen molar-refractivity contribution in [2.45, 2.75) is 45.7 Å². The van der Waals surface area contributed by atoms with Crippen molar-refractivity contribution < 1.29 is 19.4 Å². The lowest BCUT2D eigenvalue weighted by molar-refractivity contribution is -0.159. The maximum atomic E-state index is 13.4. The summed E-state index contributed by atoms with van der Waals surface area (Å²) in [6, 6.07) is 7.29. The number of hydrogen-bond donors (Lipinski definition) is 1. The summed E-state index contributed by atoms with van der Waals surface area (Å²) in [6.07, 6.45) is -0.926. The Morgan fingerprint density at radius 2 is 2.06 bits per heavy atom. The maximum Gasteiger partial charge on any atom is 0.340 e. The van der Waals surface area contributed by atoms with Gasteiger partial charge in [0.25, 0.3) is 5.56 Å². The first kappa shape index (κ1) is 20.7. The molecule has 8 nitrogen and oxygen atoms in total. The molecule has 0 saturated heterocycles. The van der Waals surface area contributed by atoms with Crippen LogP contribution in [0, 0.1) is 0 Å². The number of pyridine rings is 2. The van der Waals surface area contributed by atoms with Gasteiger partial charge >= 0.3 is 5.97 Å². The number of nitrogens with zero attached hydrogens (tertiary/aromatic N) is 3. The topological polar surface area (TPSA) is 93.9 Å². The largest absolute Gasteiger partial charge is 0.508 e. The van der Waals surface area contributed by atoms with Crippen LogP contribution in [0.5, 0.6) is 5.75 Å². The smallest absolute Gasteiger partial charge is 0.340 e. The van der Waals surface area contributed by atoms with Crippen LogP contribution in [0.15, 0.2) is 29.1 Å². The van der Waals surface area contributed by atoms with E-state index in [1.807, 2.05) is 13.1 Å². The molecule has 5 rings (SSSR count). The molecule has 8 heteroatoms. The number of esters is 1. The van der Waals surface area contributed by atoms with E-state index in [1.54, 1.807) is 22.8 Å². The summed E-state index contributed by atoms with van der Waals surface area (Å²) in [5.41, 5.74) is 4.92. The predicted octanol–water partition coefficient (Wildman–Crippen LogP) is 2.72. The third-order valence-corrected chi connectivity index (χ3v) is 6.56. The second-order valence-corrected chi connectivity index (χ2v) is 8.71. The quantitative estimate of drug-likeness (QED) is 0.493. The zero-order valence-electron chi connectivity index (χ0n) is 18.5. The van der Waals surface area contributed by atoms with Crippen LogP contribution in [0.4, 0.5) is 0 Å². The normalized spacial score (nSPS) is 16.9. The summed E-state index contributed by atoms with van der Waals surface area (Å²) in [6.45, 7) is 5.21. The summed E-state index contributed by atoms with van der Waals surface area (Å²) in [5, 5.41) is 11.0. The van der Waals surface area contributed by atoms with Crippen molar-refractivity contribution in [1.82, 2.24) is 14.5 Å². The zero-order chi connectivity index (χ0) is 22.7. The molecule has 0 radical (unpaired) electrons. The number of methoxy groups -OCH3 is 1. The number of aromatic nitrogens is 2. The molecule has 2 aromatic heterocycles. The summed E-state index contributed by atoms with van der Waals surface area (Å²) >= 11 is 0. The third kappa shape index (κ3) is 3.02. The molecule has 0 aliphatic carbocycles. The summed E-state index contributed by atoms with van der Waals surface area (Å²) in [5.74, 6) is -0.321. The number of carbonyl (C=O) groups is 1. The highest BCUT2D eigenvalue weighted by Gasteiger charge is 2.35. The van der Waals surface area contributed by atoms with Gasteiger partial charge in [-0.15, -0.1) is 0 Å². The Labute approximate surface area is 185 Å². The molecule has 1 N–H and O–H groups in total. The zero-order valence-corrected chi connectivity index (χ0v) is 18.5. The van der Waals surface area contributed by atoms with E-state index in [-0.39, 0.29) is 17.9 Å². The van der Waals surface area contributed by atoms with Crippen LogP contribution in [0.3, 0.4) is 0 Å². The first-order valence-corrected chi connectivity index (χ1v) is 10.6. The van der Waals surface area contributed by atoms with Gasteiger partial charge in [-0.2, -0.15) is 0 Å². The minimum absolute atomic E-state index is 0.0598. The average molecular weight is 435 g/mol. The van der Waals surface area contributed by atoms with Crippen LogP contribution in [-0.2, 0) is 34.0 Å². The molecular formula is C24H25N3O5. The number of fused-ring (bicyclic) bond motifs is 5. The first-order chi connectivity index (χ1) is 15.3. The fraction of sp³-hybridized carbons (Fsp3) is 0.375. The van der Waals surface area contributed by atoms with E-state index in [9.17, 15) is 14.7 Å². The molecular weight excluding hydrogens is 410 g/mol. The number of phenolic OH excluding ortho intramolecular Hbond substituents is 1. The van der Waals surface area contributed by atoms with Crippen LogP contribution in [-0.4, -0.2) is 45.7 Å². The van der Waals surface area contributed by atoms with E-state index in [0.717, 1.165) is 27.7 Å². The number of phenols is 1. The van der Waals surface area contributed by atoms with E-state index < -0.39 is 12.1 Å². The van der Waals surface area contributed by atoms with Gasteiger partial charge < -0.3 is 19.1 Å². The Morgan fingerprint density at radius 3 is 2.78 bits per heavy atom. The van der Waals surface area contributed by atoms with Crippen molar-refractivity contribution in [3.63, 3.8) is 0 Å². The number of carbonyl (C=O) groups excluding carboxylic acids is 1. The summed E-state index contributed by atoms with van der Waals surface area (Å²) in [4.78, 5) is 32.6. The number of aromatic hydroxyl groups is 1. The van der Waals surface area contributed by atoms with E-state index in [1.165, 1.54) is 7.11 Å². The van der Waals surface area contributed by atoms with Gasteiger partial charge in [0.2, 0.25) is 0 Å². The van der Waals surface area contributed by atoms with Crippen molar-refractivity contribution in [1.29, 1.82) is 0 Å². The van der Waals surface area contributed by atoms with Gasteiger partial charge in [0.15, 0.2) is 6.10 Å². The fourth-order valence-electron chi connectivity index (χ4n) is 4.52. The molecule has 1 unspecified atom stereocenters. The minimum atomic E-state index is -0.926. The Balaban J connectivity index is 1.77. The molecule has 1 aromatic carbocycles. The van der Waals surface area contributed by atoms with Crippen molar-refractivity contribution in [3.05, 3.63) is 56.9 Å². The summed E-state index contributed by atoms with van der Waals surface area (Å²) in [7, 11) is 3.48. The molecule has 2 aliphatic heterocycles. The lowest BCUT2D eigenvalue weighted by Crippen LogP contribution is -2.33. The fourth-order valence-corrected chi connectivity index (χ4v) is 4.52. The van der Waals surface area contributed by atoms with E-state index >= 15 is 0 Å². The molecule has 32 heavy (non-hydrogen) atoms. The lowest BCUT2D eigenvalue weighted by Gasteiger charge is -2.24. The Hall–Kier alpha value is -3.23. The number of hydrogen-bond acceptors (Lipinski definition) is 7.